The van der Waals surface area contributed by atoms with Crippen molar-refractivity contribution in [1.29, 1.82) is 0 Å². The molecule has 0 aliphatic carbocycles. The Morgan fingerprint density at radius 2 is 0.707 bits per heavy atom. The first-order valence-corrected chi connectivity index (χ1v) is 18.8. The Bertz CT molecular complexity index is 2250. The minimum Gasteiger partial charge on any atom is -0.472 e. The first-order chi connectivity index (χ1) is 27.7. The second kappa shape index (κ2) is 16.4. The number of hydrogen-bond acceptors (Lipinski definition) is 4. The van der Waals surface area contributed by atoms with E-state index in [0.29, 0.717) is 11.8 Å². The Kier molecular flexibility index (Phi) is 11.3. The van der Waals surface area contributed by atoms with Crippen LogP contribution in [0.4, 0.5) is 26.3 Å². The molecule has 0 radical (unpaired) electrons. The predicted molar refractivity (Wildman–Crippen MR) is 216 cm³/mol. The van der Waals surface area contributed by atoms with Gasteiger partial charge in [0, 0.05) is 11.1 Å². The Labute approximate surface area is 333 Å². The maximum absolute atomic E-state index is 12.7. The first kappa shape index (κ1) is 40.1. The van der Waals surface area contributed by atoms with Crippen molar-refractivity contribution in [3.05, 3.63) is 190 Å². The van der Waals surface area contributed by atoms with E-state index in [1.54, 1.807) is 0 Å². The molecule has 0 N–H and O–H groups in total. The van der Waals surface area contributed by atoms with E-state index in [9.17, 15) is 26.3 Å². The highest BCUT2D eigenvalue weighted by atomic mass is 19.4. The molecular weight excluding hydrogens is 751 g/mol. The second-order valence-electron chi connectivity index (χ2n) is 14.4. The summed E-state index contributed by atoms with van der Waals surface area (Å²) in [6.45, 7) is 8.03. The lowest BCUT2D eigenvalue weighted by Gasteiger charge is -2.14. The molecule has 2 aliphatic heterocycles. The third-order valence-corrected chi connectivity index (χ3v) is 10.3. The van der Waals surface area contributed by atoms with Crippen molar-refractivity contribution < 1.29 is 35.8 Å². The van der Waals surface area contributed by atoms with Crippen molar-refractivity contribution >= 4 is 11.8 Å². The number of benzene rings is 6. The van der Waals surface area contributed by atoms with Gasteiger partial charge in [0.25, 0.3) is 0 Å². The molecule has 6 aromatic rings. The Morgan fingerprint density at radius 1 is 0.414 bits per heavy atom. The summed E-state index contributed by atoms with van der Waals surface area (Å²) < 4.78 is 88.4. The SMILES string of the molecule is Cc1ccccc1C1=N[C@@H](c2ccc(-c3ccc(C(F)(F)F)cc3)cc2)[C@@H](C)O1.Cc1ccccc1C1=N[C@H](c2ccc(-c3ccc(C(F)(F)F)cc3)cc2)[C@H](C)O1. The third kappa shape index (κ3) is 8.86. The van der Waals surface area contributed by atoms with E-state index in [1.807, 2.05) is 125 Å². The number of aryl methyl sites for hydroxylation is 2. The minimum atomic E-state index is -4.33. The summed E-state index contributed by atoms with van der Waals surface area (Å²) in [5, 5.41) is 0. The molecule has 4 atom stereocenters. The summed E-state index contributed by atoms with van der Waals surface area (Å²) in [6.07, 6.45) is -8.84. The highest BCUT2D eigenvalue weighted by molar-refractivity contribution is 5.97. The van der Waals surface area contributed by atoms with Gasteiger partial charge >= 0.3 is 12.4 Å². The fourth-order valence-corrected chi connectivity index (χ4v) is 7.04. The van der Waals surface area contributed by atoms with Crippen LogP contribution in [0.5, 0.6) is 0 Å². The fraction of sp³-hybridized carbons (Fsp3) is 0.208. The topological polar surface area (TPSA) is 43.2 Å². The van der Waals surface area contributed by atoms with E-state index in [-0.39, 0.29) is 24.3 Å². The van der Waals surface area contributed by atoms with Crippen LogP contribution < -0.4 is 0 Å². The van der Waals surface area contributed by atoms with Crippen LogP contribution in [0.25, 0.3) is 22.3 Å². The monoisotopic (exact) mass is 790 g/mol. The average Bonchev–Trinajstić information content (AvgIpc) is 3.80. The molecule has 10 heteroatoms. The molecule has 0 spiro atoms. The summed E-state index contributed by atoms with van der Waals surface area (Å²) in [5.74, 6) is 1.29. The molecule has 0 saturated heterocycles. The standard InChI is InChI=1S/2C24H20F3NO/c2*1-15-5-3-4-6-21(15)23-28-22(16(2)29-23)19-9-7-17(8-10-19)18-11-13-20(14-12-18)24(25,26)27/h2*3-14,16,22H,1-2H3/t2*16-,22-/m10/s1. The largest absolute Gasteiger partial charge is 0.472 e. The first-order valence-electron chi connectivity index (χ1n) is 18.8. The molecule has 4 nitrogen and oxygen atoms in total. The molecule has 8 rings (SSSR count). The zero-order valence-corrected chi connectivity index (χ0v) is 32.1. The fourth-order valence-electron chi connectivity index (χ4n) is 7.04. The Balaban J connectivity index is 0.000000177. The lowest BCUT2D eigenvalue weighted by molar-refractivity contribution is -0.138. The summed E-state index contributed by atoms with van der Waals surface area (Å²) in [6, 6.07) is 41.6. The molecule has 2 aliphatic rings. The van der Waals surface area contributed by atoms with Gasteiger partial charge < -0.3 is 9.47 Å². The van der Waals surface area contributed by atoms with Crippen LogP contribution in [0.2, 0.25) is 0 Å². The van der Waals surface area contributed by atoms with E-state index in [0.717, 1.165) is 79.9 Å². The highest BCUT2D eigenvalue weighted by Crippen LogP contribution is 2.36. The van der Waals surface area contributed by atoms with E-state index >= 15 is 0 Å². The van der Waals surface area contributed by atoms with E-state index in [4.69, 9.17) is 19.5 Å². The van der Waals surface area contributed by atoms with Gasteiger partial charge in [0.2, 0.25) is 11.8 Å². The van der Waals surface area contributed by atoms with Gasteiger partial charge in [-0.25, -0.2) is 9.98 Å². The highest BCUT2D eigenvalue weighted by Gasteiger charge is 2.33. The zero-order valence-electron chi connectivity index (χ0n) is 32.1. The summed E-state index contributed by atoms with van der Waals surface area (Å²) in [7, 11) is 0. The van der Waals surface area contributed by atoms with Crippen LogP contribution in [-0.2, 0) is 21.8 Å². The molecule has 0 fully saturated rings. The molecule has 296 valence electrons. The number of aliphatic imine (C=N–C) groups is 2. The van der Waals surface area contributed by atoms with Crippen LogP contribution in [-0.4, -0.2) is 24.0 Å². The predicted octanol–water partition coefficient (Wildman–Crippen LogP) is 13.2. The number of nitrogens with zero attached hydrogens (tertiary/aromatic N) is 2. The summed E-state index contributed by atoms with van der Waals surface area (Å²) in [4.78, 5) is 9.56. The van der Waals surface area contributed by atoms with Crippen molar-refractivity contribution in [1.82, 2.24) is 0 Å². The van der Waals surface area contributed by atoms with Crippen LogP contribution in [0, 0.1) is 13.8 Å². The average molecular weight is 791 g/mol. The molecule has 0 bridgehead atoms. The van der Waals surface area contributed by atoms with Crippen LogP contribution in [0.3, 0.4) is 0 Å². The maximum atomic E-state index is 12.7. The van der Waals surface area contributed by atoms with Crippen molar-refractivity contribution in [2.75, 3.05) is 0 Å². The number of hydrogen-bond donors (Lipinski definition) is 0. The van der Waals surface area contributed by atoms with Crippen molar-refractivity contribution in [3.8, 4) is 22.3 Å². The quantitative estimate of drug-likeness (QED) is 0.158. The van der Waals surface area contributed by atoms with E-state index < -0.39 is 23.5 Å². The van der Waals surface area contributed by atoms with Crippen molar-refractivity contribution in [2.24, 2.45) is 9.98 Å². The van der Waals surface area contributed by atoms with Crippen LogP contribution in [0.1, 0.15) is 70.4 Å². The van der Waals surface area contributed by atoms with E-state index in [2.05, 4.69) is 0 Å². The summed E-state index contributed by atoms with van der Waals surface area (Å²) in [5.41, 5.74) is 8.12. The lowest BCUT2D eigenvalue weighted by atomic mass is 9.98. The van der Waals surface area contributed by atoms with E-state index in [1.165, 1.54) is 24.3 Å². The number of halogens is 6. The second-order valence-corrected chi connectivity index (χ2v) is 14.4. The van der Waals surface area contributed by atoms with Gasteiger partial charge in [-0.2, -0.15) is 26.3 Å². The molecule has 0 aromatic heterocycles. The van der Waals surface area contributed by atoms with Gasteiger partial charge in [0.1, 0.15) is 24.3 Å². The van der Waals surface area contributed by atoms with Crippen molar-refractivity contribution in [2.45, 2.75) is 64.3 Å². The zero-order chi connectivity index (χ0) is 41.2. The van der Waals surface area contributed by atoms with Gasteiger partial charge in [-0.15, -0.1) is 0 Å². The number of rotatable bonds is 6. The molecule has 0 amide bonds. The van der Waals surface area contributed by atoms with Gasteiger partial charge in [0.15, 0.2) is 0 Å². The summed E-state index contributed by atoms with van der Waals surface area (Å²) >= 11 is 0. The molecule has 0 saturated carbocycles. The molecule has 2 heterocycles. The van der Waals surface area contributed by atoms with Gasteiger partial charge in [0.05, 0.1) is 11.1 Å². The third-order valence-electron chi connectivity index (χ3n) is 10.3. The van der Waals surface area contributed by atoms with Gasteiger partial charge in [-0.05, 0) is 109 Å². The Hall–Kier alpha value is -6.16. The Morgan fingerprint density at radius 3 is 1.00 bits per heavy atom. The number of ether oxygens (including phenoxy) is 2. The molecule has 6 aromatic carbocycles. The normalized spacial score (nSPS) is 19.0. The van der Waals surface area contributed by atoms with Crippen molar-refractivity contribution in [3.63, 3.8) is 0 Å². The van der Waals surface area contributed by atoms with Crippen LogP contribution in [0.15, 0.2) is 156 Å². The molecule has 0 unspecified atom stereocenters. The van der Waals surface area contributed by atoms with Gasteiger partial charge in [-0.1, -0.05) is 109 Å². The van der Waals surface area contributed by atoms with Crippen LogP contribution >= 0.6 is 0 Å². The minimum absolute atomic E-state index is 0.0958. The lowest BCUT2D eigenvalue weighted by Crippen LogP contribution is -2.12. The number of alkyl halides is 6. The molecular formula is C48H40F6N2O2. The smallest absolute Gasteiger partial charge is 0.416 e. The maximum Gasteiger partial charge on any atom is 0.416 e. The van der Waals surface area contributed by atoms with Gasteiger partial charge in [-0.3, -0.25) is 0 Å². The molecule has 58 heavy (non-hydrogen) atoms.